The summed E-state index contributed by atoms with van der Waals surface area (Å²) in [7, 11) is 0. The highest BCUT2D eigenvalue weighted by Crippen LogP contribution is 2.34. The van der Waals surface area contributed by atoms with Gasteiger partial charge in [-0.05, 0) is 23.3 Å². The van der Waals surface area contributed by atoms with Gasteiger partial charge in [0.15, 0.2) is 0 Å². The Kier molecular flexibility index (Phi) is 3.75. The Morgan fingerprint density at radius 1 is 0.762 bits per heavy atom. The molecule has 0 saturated carbocycles. The van der Waals surface area contributed by atoms with Crippen LogP contribution in [0.25, 0.3) is 0 Å². The van der Waals surface area contributed by atoms with Crippen LogP contribution in [0, 0.1) is 34.0 Å². The molecule has 2 rings (SSSR count). The standard InChI is InChI=1S/C18H13N3/c1-18(2,16-6-4-3-5-7-16)17-9-14(11-20)13(10-19)8-15(17)12-21/h3-9H,1-2H3. The highest BCUT2D eigenvalue weighted by atomic mass is 14.3. The lowest BCUT2D eigenvalue weighted by molar-refractivity contribution is 0.638. The summed E-state index contributed by atoms with van der Waals surface area (Å²) in [6.07, 6.45) is 0. The summed E-state index contributed by atoms with van der Waals surface area (Å²) in [5.41, 5.74) is 2.35. The summed E-state index contributed by atoms with van der Waals surface area (Å²) >= 11 is 0. The van der Waals surface area contributed by atoms with Gasteiger partial charge >= 0.3 is 0 Å². The second kappa shape index (κ2) is 5.49. The number of nitriles is 3. The lowest BCUT2D eigenvalue weighted by Gasteiger charge is -2.27. The molecule has 2 aromatic carbocycles. The normalized spacial score (nSPS) is 10.2. The third-order valence-electron chi connectivity index (χ3n) is 3.69. The van der Waals surface area contributed by atoms with Crippen LogP contribution < -0.4 is 0 Å². The summed E-state index contributed by atoms with van der Waals surface area (Å²) in [5.74, 6) is 0. The van der Waals surface area contributed by atoms with E-state index >= 15 is 0 Å². The van der Waals surface area contributed by atoms with Gasteiger partial charge < -0.3 is 0 Å². The fraction of sp³-hybridized carbons (Fsp3) is 0.167. The zero-order valence-corrected chi connectivity index (χ0v) is 11.9. The van der Waals surface area contributed by atoms with Crippen LogP contribution in [-0.4, -0.2) is 0 Å². The molecular formula is C18H13N3. The Labute approximate surface area is 124 Å². The van der Waals surface area contributed by atoms with E-state index in [2.05, 4.69) is 6.07 Å². The molecular weight excluding hydrogens is 258 g/mol. The second-order valence-corrected chi connectivity index (χ2v) is 5.27. The maximum Gasteiger partial charge on any atom is 0.101 e. The molecule has 0 saturated heterocycles. The van der Waals surface area contributed by atoms with Gasteiger partial charge in [0.25, 0.3) is 0 Å². The summed E-state index contributed by atoms with van der Waals surface area (Å²) in [5, 5.41) is 27.6. The summed E-state index contributed by atoms with van der Waals surface area (Å²) < 4.78 is 0. The molecule has 0 radical (unpaired) electrons. The predicted octanol–water partition coefficient (Wildman–Crippen LogP) is 3.63. The number of benzene rings is 2. The van der Waals surface area contributed by atoms with Crippen molar-refractivity contribution in [3.8, 4) is 18.2 Å². The van der Waals surface area contributed by atoms with Crippen molar-refractivity contribution in [2.45, 2.75) is 19.3 Å². The maximum atomic E-state index is 9.37. The molecule has 0 aromatic heterocycles. The molecule has 0 amide bonds. The third kappa shape index (κ3) is 2.48. The molecule has 0 unspecified atom stereocenters. The minimum atomic E-state index is -0.425. The van der Waals surface area contributed by atoms with Gasteiger partial charge in [0.1, 0.15) is 12.1 Å². The summed E-state index contributed by atoms with van der Waals surface area (Å²) in [6, 6.07) is 19.1. The predicted molar refractivity (Wildman–Crippen MR) is 79.2 cm³/mol. The topological polar surface area (TPSA) is 71.4 Å². The van der Waals surface area contributed by atoms with Crippen molar-refractivity contribution in [2.24, 2.45) is 0 Å². The average Bonchev–Trinajstić information content (AvgIpc) is 2.54. The molecule has 0 aliphatic heterocycles. The Bertz CT molecular complexity index is 797. The fourth-order valence-corrected chi connectivity index (χ4v) is 2.40. The van der Waals surface area contributed by atoms with Gasteiger partial charge in [0.2, 0.25) is 0 Å². The summed E-state index contributed by atoms with van der Waals surface area (Å²) in [4.78, 5) is 0. The van der Waals surface area contributed by atoms with Gasteiger partial charge in [-0.25, -0.2) is 0 Å². The Morgan fingerprint density at radius 3 is 1.81 bits per heavy atom. The fourth-order valence-electron chi connectivity index (χ4n) is 2.40. The molecule has 0 heterocycles. The van der Waals surface area contributed by atoms with Gasteiger partial charge in [-0.2, -0.15) is 15.8 Å². The van der Waals surface area contributed by atoms with Crippen LogP contribution in [0.4, 0.5) is 0 Å². The van der Waals surface area contributed by atoms with Crippen LogP contribution in [0.5, 0.6) is 0 Å². The first-order valence-electron chi connectivity index (χ1n) is 6.49. The molecule has 3 nitrogen and oxygen atoms in total. The van der Waals surface area contributed by atoms with E-state index in [1.165, 1.54) is 6.07 Å². The molecule has 3 heteroatoms. The molecule has 0 fully saturated rings. The van der Waals surface area contributed by atoms with E-state index < -0.39 is 5.41 Å². The van der Waals surface area contributed by atoms with E-state index in [-0.39, 0.29) is 5.56 Å². The van der Waals surface area contributed by atoms with Crippen LogP contribution >= 0.6 is 0 Å². The first-order valence-corrected chi connectivity index (χ1v) is 6.49. The average molecular weight is 271 g/mol. The Balaban J connectivity index is 2.73. The zero-order valence-electron chi connectivity index (χ0n) is 11.9. The maximum absolute atomic E-state index is 9.37. The lowest BCUT2D eigenvalue weighted by Crippen LogP contribution is -2.21. The smallest absolute Gasteiger partial charge is 0.101 e. The van der Waals surface area contributed by atoms with Crippen molar-refractivity contribution in [3.05, 3.63) is 70.3 Å². The van der Waals surface area contributed by atoms with Gasteiger partial charge in [0, 0.05) is 5.41 Å². The lowest BCUT2D eigenvalue weighted by atomic mass is 9.75. The number of rotatable bonds is 2. The van der Waals surface area contributed by atoms with Gasteiger partial charge in [-0.3, -0.25) is 0 Å². The minimum Gasteiger partial charge on any atom is -0.192 e. The SMILES string of the molecule is CC(C)(c1ccccc1)c1cc(C#N)c(C#N)cc1C#N. The van der Waals surface area contributed by atoms with Crippen molar-refractivity contribution in [2.75, 3.05) is 0 Å². The molecule has 0 aliphatic rings. The molecule has 0 aliphatic carbocycles. The Hall–Kier alpha value is -3.09. The molecule has 2 aromatic rings. The van der Waals surface area contributed by atoms with Crippen molar-refractivity contribution < 1.29 is 0 Å². The zero-order chi connectivity index (χ0) is 15.5. The van der Waals surface area contributed by atoms with E-state index in [0.29, 0.717) is 11.1 Å². The first-order chi connectivity index (χ1) is 10.0. The highest BCUT2D eigenvalue weighted by molar-refractivity contribution is 5.57. The minimum absolute atomic E-state index is 0.238. The van der Waals surface area contributed by atoms with E-state index in [4.69, 9.17) is 5.26 Å². The molecule has 0 bridgehead atoms. The number of hydrogen-bond acceptors (Lipinski definition) is 3. The highest BCUT2D eigenvalue weighted by Gasteiger charge is 2.27. The largest absolute Gasteiger partial charge is 0.192 e. The molecule has 100 valence electrons. The molecule has 0 spiro atoms. The molecule has 21 heavy (non-hydrogen) atoms. The van der Waals surface area contributed by atoms with Crippen LogP contribution in [0.1, 0.15) is 41.7 Å². The monoisotopic (exact) mass is 271 g/mol. The van der Waals surface area contributed by atoms with E-state index in [9.17, 15) is 10.5 Å². The van der Waals surface area contributed by atoms with Crippen molar-refractivity contribution in [3.63, 3.8) is 0 Å². The van der Waals surface area contributed by atoms with Crippen molar-refractivity contribution in [1.82, 2.24) is 0 Å². The van der Waals surface area contributed by atoms with Crippen LogP contribution in [-0.2, 0) is 5.41 Å². The number of hydrogen-bond donors (Lipinski definition) is 0. The van der Waals surface area contributed by atoms with Crippen LogP contribution in [0.3, 0.4) is 0 Å². The molecule has 0 atom stereocenters. The summed E-state index contributed by atoms with van der Waals surface area (Å²) in [6.45, 7) is 4.01. The van der Waals surface area contributed by atoms with Gasteiger partial charge in [-0.15, -0.1) is 0 Å². The van der Waals surface area contributed by atoms with Crippen molar-refractivity contribution in [1.29, 1.82) is 15.8 Å². The van der Waals surface area contributed by atoms with Crippen molar-refractivity contribution >= 4 is 0 Å². The van der Waals surface area contributed by atoms with Gasteiger partial charge in [0.05, 0.1) is 22.8 Å². The van der Waals surface area contributed by atoms with Crippen LogP contribution in [0.15, 0.2) is 42.5 Å². The van der Waals surface area contributed by atoms with E-state index in [1.807, 2.05) is 56.3 Å². The third-order valence-corrected chi connectivity index (χ3v) is 3.69. The van der Waals surface area contributed by atoms with E-state index in [0.717, 1.165) is 11.1 Å². The molecule has 0 N–H and O–H groups in total. The first kappa shape index (κ1) is 14.3. The van der Waals surface area contributed by atoms with E-state index in [1.54, 1.807) is 6.07 Å². The van der Waals surface area contributed by atoms with Crippen LogP contribution in [0.2, 0.25) is 0 Å². The van der Waals surface area contributed by atoms with Gasteiger partial charge in [-0.1, -0.05) is 44.2 Å². The quantitative estimate of drug-likeness (QED) is 0.837. The Morgan fingerprint density at radius 2 is 1.29 bits per heavy atom. The number of nitrogens with zero attached hydrogens (tertiary/aromatic N) is 3. The second-order valence-electron chi connectivity index (χ2n) is 5.27.